The number of halogens is 1. The highest BCUT2D eigenvalue weighted by molar-refractivity contribution is 6.33. The molecule has 0 unspecified atom stereocenters. The van der Waals surface area contributed by atoms with Crippen molar-refractivity contribution in [3.8, 4) is 0 Å². The summed E-state index contributed by atoms with van der Waals surface area (Å²) in [6.45, 7) is 2.71. The molecule has 0 fully saturated rings. The molecular formula is C15H18ClN3O5. The number of rotatable bonds is 5. The van der Waals surface area contributed by atoms with Crippen LogP contribution in [0.4, 0.5) is 4.79 Å². The van der Waals surface area contributed by atoms with Crippen LogP contribution in [0.25, 0.3) is 0 Å². The van der Waals surface area contributed by atoms with E-state index in [0.29, 0.717) is 0 Å². The second-order valence-corrected chi connectivity index (χ2v) is 5.23. The SMILES string of the molecule is CNC(=O)NC(=O)[C@H](C)OC(=O)[C@H](C)NC(=O)c1ccccc1Cl. The van der Waals surface area contributed by atoms with E-state index in [1.807, 2.05) is 5.32 Å². The summed E-state index contributed by atoms with van der Waals surface area (Å²) < 4.78 is 4.91. The molecule has 0 saturated heterocycles. The largest absolute Gasteiger partial charge is 0.451 e. The normalized spacial score (nSPS) is 12.5. The molecule has 0 bridgehead atoms. The van der Waals surface area contributed by atoms with Crippen molar-refractivity contribution in [1.82, 2.24) is 16.0 Å². The number of esters is 1. The molecule has 1 aromatic rings. The third-order valence-corrected chi connectivity index (χ3v) is 3.28. The van der Waals surface area contributed by atoms with Gasteiger partial charge in [0.05, 0.1) is 10.6 Å². The van der Waals surface area contributed by atoms with Crippen molar-refractivity contribution in [2.24, 2.45) is 0 Å². The summed E-state index contributed by atoms with van der Waals surface area (Å²) in [4.78, 5) is 46.6. The van der Waals surface area contributed by atoms with Gasteiger partial charge in [0.2, 0.25) is 0 Å². The maximum atomic E-state index is 12.0. The van der Waals surface area contributed by atoms with Gasteiger partial charge in [0.15, 0.2) is 6.10 Å². The average Bonchev–Trinajstić information content (AvgIpc) is 2.54. The van der Waals surface area contributed by atoms with Gasteiger partial charge in [0, 0.05) is 7.05 Å². The Morgan fingerprint density at radius 2 is 1.75 bits per heavy atom. The van der Waals surface area contributed by atoms with E-state index < -0.39 is 36.0 Å². The van der Waals surface area contributed by atoms with Crippen molar-refractivity contribution in [2.75, 3.05) is 7.05 Å². The Morgan fingerprint density at radius 3 is 2.33 bits per heavy atom. The number of ether oxygens (including phenoxy) is 1. The van der Waals surface area contributed by atoms with Crippen molar-refractivity contribution < 1.29 is 23.9 Å². The quantitative estimate of drug-likeness (QED) is 0.677. The summed E-state index contributed by atoms with van der Waals surface area (Å²) in [5.74, 6) is -2.16. The van der Waals surface area contributed by atoms with E-state index >= 15 is 0 Å². The maximum absolute atomic E-state index is 12.0. The topological polar surface area (TPSA) is 114 Å². The molecule has 0 saturated carbocycles. The zero-order valence-electron chi connectivity index (χ0n) is 13.4. The summed E-state index contributed by atoms with van der Waals surface area (Å²) >= 11 is 5.90. The van der Waals surface area contributed by atoms with Gasteiger partial charge < -0.3 is 15.4 Å². The number of hydrogen-bond donors (Lipinski definition) is 3. The van der Waals surface area contributed by atoms with Gasteiger partial charge in [-0.05, 0) is 26.0 Å². The molecule has 0 aliphatic carbocycles. The Kier molecular flexibility index (Phi) is 7.19. The highest BCUT2D eigenvalue weighted by atomic mass is 35.5. The molecule has 9 heteroatoms. The molecule has 130 valence electrons. The van der Waals surface area contributed by atoms with Gasteiger partial charge >= 0.3 is 12.0 Å². The molecule has 0 aromatic heterocycles. The van der Waals surface area contributed by atoms with E-state index in [9.17, 15) is 19.2 Å². The zero-order valence-corrected chi connectivity index (χ0v) is 14.1. The first-order valence-corrected chi connectivity index (χ1v) is 7.42. The average molecular weight is 356 g/mol. The predicted molar refractivity (Wildman–Crippen MR) is 86.5 cm³/mol. The van der Waals surface area contributed by atoms with Gasteiger partial charge in [0.25, 0.3) is 11.8 Å². The molecule has 2 atom stereocenters. The summed E-state index contributed by atoms with van der Waals surface area (Å²) in [7, 11) is 1.34. The minimum atomic E-state index is -1.20. The molecule has 24 heavy (non-hydrogen) atoms. The second kappa shape index (κ2) is 8.88. The Labute approximate surface area is 143 Å². The lowest BCUT2D eigenvalue weighted by Gasteiger charge is -2.17. The van der Waals surface area contributed by atoms with E-state index in [0.717, 1.165) is 0 Å². The van der Waals surface area contributed by atoms with Crippen LogP contribution in [0, 0.1) is 0 Å². The Morgan fingerprint density at radius 1 is 1.12 bits per heavy atom. The highest BCUT2D eigenvalue weighted by Crippen LogP contribution is 2.14. The van der Waals surface area contributed by atoms with Gasteiger partial charge in [0.1, 0.15) is 6.04 Å². The lowest BCUT2D eigenvalue weighted by Crippen LogP contribution is -2.46. The maximum Gasteiger partial charge on any atom is 0.329 e. The van der Waals surface area contributed by atoms with Crippen LogP contribution in [0.15, 0.2) is 24.3 Å². The van der Waals surface area contributed by atoms with Crippen molar-refractivity contribution in [3.63, 3.8) is 0 Å². The molecular weight excluding hydrogens is 338 g/mol. The molecule has 0 radical (unpaired) electrons. The number of nitrogens with one attached hydrogen (secondary N) is 3. The van der Waals surface area contributed by atoms with Gasteiger partial charge in [-0.15, -0.1) is 0 Å². The third-order valence-electron chi connectivity index (χ3n) is 2.95. The molecule has 3 N–H and O–H groups in total. The van der Waals surface area contributed by atoms with Crippen molar-refractivity contribution in [1.29, 1.82) is 0 Å². The molecule has 1 aromatic carbocycles. The van der Waals surface area contributed by atoms with E-state index in [2.05, 4.69) is 10.6 Å². The lowest BCUT2D eigenvalue weighted by atomic mass is 10.2. The minimum absolute atomic E-state index is 0.212. The molecule has 0 aliphatic rings. The molecule has 0 heterocycles. The first kappa shape index (κ1) is 19.4. The van der Waals surface area contributed by atoms with Crippen LogP contribution >= 0.6 is 11.6 Å². The van der Waals surface area contributed by atoms with Gasteiger partial charge in [-0.25, -0.2) is 9.59 Å². The van der Waals surface area contributed by atoms with Crippen molar-refractivity contribution in [3.05, 3.63) is 34.9 Å². The van der Waals surface area contributed by atoms with E-state index in [1.165, 1.54) is 27.0 Å². The third kappa shape index (κ3) is 5.54. The van der Waals surface area contributed by atoms with Crippen molar-refractivity contribution in [2.45, 2.75) is 26.0 Å². The van der Waals surface area contributed by atoms with Crippen LogP contribution in [0.2, 0.25) is 5.02 Å². The summed E-state index contributed by atoms with van der Waals surface area (Å²) in [5, 5.41) is 6.84. The first-order valence-electron chi connectivity index (χ1n) is 7.04. The van der Waals surface area contributed by atoms with Crippen LogP contribution in [0.5, 0.6) is 0 Å². The fourth-order valence-corrected chi connectivity index (χ4v) is 1.81. The standard InChI is InChI=1S/C15H18ClN3O5/c1-8(18-13(21)10-6-4-5-7-11(10)16)14(22)24-9(2)12(20)19-15(23)17-3/h4-9H,1-3H3,(H,18,21)(H2,17,19,20,23)/t8-,9-/m0/s1. The van der Waals surface area contributed by atoms with Gasteiger partial charge in [-0.2, -0.15) is 0 Å². The first-order chi connectivity index (χ1) is 11.3. The molecule has 8 nitrogen and oxygen atoms in total. The van der Waals surface area contributed by atoms with Crippen LogP contribution < -0.4 is 16.0 Å². The lowest BCUT2D eigenvalue weighted by molar-refractivity contribution is -0.155. The summed E-state index contributed by atoms with van der Waals surface area (Å²) in [5.41, 5.74) is 0.212. The fourth-order valence-electron chi connectivity index (χ4n) is 1.58. The number of carbonyl (C=O) groups excluding carboxylic acids is 4. The highest BCUT2D eigenvalue weighted by Gasteiger charge is 2.24. The second-order valence-electron chi connectivity index (χ2n) is 4.82. The molecule has 1 rings (SSSR count). The fraction of sp³-hybridized carbons (Fsp3) is 0.333. The number of amides is 4. The van der Waals surface area contributed by atoms with Gasteiger partial charge in [-0.3, -0.25) is 14.9 Å². The molecule has 0 spiro atoms. The number of imide groups is 1. The van der Waals surface area contributed by atoms with Crippen molar-refractivity contribution >= 4 is 35.4 Å². The monoisotopic (exact) mass is 355 g/mol. The Bertz CT molecular complexity index is 650. The summed E-state index contributed by atoms with van der Waals surface area (Å²) in [6.07, 6.45) is -1.20. The van der Waals surface area contributed by atoms with Crippen LogP contribution in [-0.2, 0) is 14.3 Å². The molecule has 0 aliphatic heterocycles. The minimum Gasteiger partial charge on any atom is -0.451 e. The molecule has 4 amide bonds. The van der Waals surface area contributed by atoms with Gasteiger partial charge in [-0.1, -0.05) is 23.7 Å². The Hall–Kier alpha value is -2.61. The van der Waals surface area contributed by atoms with Crippen LogP contribution in [0.1, 0.15) is 24.2 Å². The van der Waals surface area contributed by atoms with Crippen LogP contribution in [-0.4, -0.2) is 43.0 Å². The number of urea groups is 1. The number of benzene rings is 1. The smallest absolute Gasteiger partial charge is 0.329 e. The van der Waals surface area contributed by atoms with E-state index in [1.54, 1.807) is 18.2 Å². The van der Waals surface area contributed by atoms with E-state index in [4.69, 9.17) is 16.3 Å². The van der Waals surface area contributed by atoms with E-state index in [-0.39, 0.29) is 10.6 Å². The zero-order chi connectivity index (χ0) is 18.3. The number of hydrogen-bond acceptors (Lipinski definition) is 5. The number of carbonyl (C=O) groups is 4. The Balaban J connectivity index is 2.58. The van der Waals surface area contributed by atoms with Crippen LogP contribution in [0.3, 0.4) is 0 Å². The predicted octanol–water partition coefficient (Wildman–Crippen LogP) is 0.846. The summed E-state index contributed by atoms with van der Waals surface area (Å²) in [6, 6.07) is 4.63.